The molecular formula is C21H30N2O2. The molecule has 1 aliphatic rings. The number of benzene rings is 1. The molecule has 1 aromatic carbocycles. The van der Waals surface area contributed by atoms with Crippen molar-refractivity contribution in [2.24, 2.45) is 5.92 Å². The highest BCUT2D eigenvalue weighted by molar-refractivity contribution is 5.99. The van der Waals surface area contributed by atoms with Crippen LogP contribution < -0.4 is 0 Å². The van der Waals surface area contributed by atoms with Gasteiger partial charge in [0.05, 0.1) is 6.61 Å². The first-order valence-electron chi connectivity index (χ1n) is 9.40. The van der Waals surface area contributed by atoms with Gasteiger partial charge in [-0.1, -0.05) is 6.92 Å². The molecule has 0 saturated carbocycles. The number of hydrogen-bond donors (Lipinski definition) is 0. The maximum absolute atomic E-state index is 13.0. The third-order valence-electron chi connectivity index (χ3n) is 5.71. The van der Waals surface area contributed by atoms with Crippen LogP contribution in [0.15, 0.2) is 18.2 Å². The standard InChI is InChI=1S/C21H30N2O2/c1-15-6-5-10-22(11-9-15)21(24)18-7-8-20-19(14-18)16(2)17(3)23(20)12-13-25-4/h7-8,14-15H,5-6,9-13H2,1-4H3/t15-/m1/s1. The quantitative estimate of drug-likeness (QED) is 0.836. The number of aryl methyl sites for hydroxylation is 1. The molecule has 25 heavy (non-hydrogen) atoms. The summed E-state index contributed by atoms with van der Waals surface area (Å²) < 4.78 is 7.53. The summed E-state index contributed by atoms with van der Waals surface area (Å²) in [5.74, 6) is 0.901. The molecule has 4 nitrogen and oxygen atoms in total. The van der Waals surface area contributed by atoms with E-state index in [1.54, 1.807) is 7.11 Å². The van der Waals surface area contributed by atoms with Crippen molar-refractivity contribution in [3.8, 4) is 0 Å². The topological polar surface area (TPSA) is 34.5 Å². The van der Waals surface area contributed by atoms with E-state index in [0.717, 1.165) is 44.0 Å². The highest BCUT2D eigenvalue weighted by atomic mass is 16.5. The monoisotopic (exact) mass is 342 g/mol. The second-order valence-electron chi connectivity index (χ2n) is 7.42. The minimum Gasteiger partial charge on any atom is -0.383 e. The highest BCUT2D eigenvalue weighted by Gasteiger charge is 2.21. The Balaban J connectivity index is 1.90. The number of rotatable bonds is 4. The molecule has 1 aromatic heterocycles. The molecular weight excluding hydrogens is 312 g/mol. The fourth-order valence-corrected chi connectivity index (χ4v) is 3.90. The molecule has 1 atom stereocenters. The Morgan fingerprint density at radius 2 is 2.04 bits per heavy atom. The molecule has 0 bridgehead atoms. The summed E-state index contributed by atoms with van der Waals surface area (Å²) in [6.45, 7) is 9.86. The number of likely N-dealkylation sites (tertiary alicyclic amines) is 1. The molecule has 136 valence electrons. The molecule has 2 aromatic rings. The Bertz CT molecular complexity index is 763. The van der Waals surface area contributed by atoms with Gasteiger partial charge in [0.1, 0.15) is 0 Å². The summed E-state index contributed by atoms with van der Waals surface area (Å²) in [6, 6.07) is 6.16. The first kappa shape index (κ1) is 18.0. The molecule has 0 N–H and O–H groups in total. The lowest BCUT2D eigenvalue weighted by Crippen LogP contribution is -2.31. The summed E-state index contributed by atoms with van der Waals surface area (Å²) in [5.41, 5.74) is 4.51. The minimum atomic E-state index is 0.178. The van der Waals surface area contributed by atoms with Gasteiger partial charge in [0.15, 0.2) is 0 Å². The first-order chi connectivity index (χ1) is 12.0. The molecule has 0 aliphatic carbocycles. The van der Waals surface area contributed by atoms with Crippen LogP contribution in [0.3, 0.4) is 0 Å². The van der Waals surface area contributed by atoms with Gasteiger partial charge in [0, 0.05) is 48.9 Å². The smallest absolute Gasteiger partial charge is 0.253 e. The second kappa shape index (κ2) is 7.61. The molecule has 3 rings (SSSR count). The van der Waals surface area contributed by atoms with Gasteiger partial charge in [-0.15, -0.1) is 0 Å². The molecule has 1 aliphatic heterocycles. The number of aromatic nitrogens is 1. The Morgan fingerprint density at radius 1 is 1.24 bits per heavy atom. The van der Waals surface area contributed by atoms with E-state index in [-0.39, 0.29) is 5.91 Å². The van der Waals surface area contributed by atoms with E-state index in [1.165, 1.54) is 28.6 Å². The number of carbonyl (C=O) groups is 1. The zero-order valence-corrected chi connectivity index (χ0v) is 16.0. The number of nitrogens with zero attached hydrogens (tertiary/aromatic N) is 2. The summed E-state index contributed by atoms with van der Waals surface area (Å²) in [6.07, 6.45) is 3.45. The zero-order valence-electron chi connectivity index (χ0n) is 16.0. The lowest BCUT2D eigenvalue weighted by atomic mass is 10.0. The van der Waals surface area contributed by atoms with Gasteiger partial charge >= 0.3 is 0 Å². The summed E-state index contributed by atoms with van der Waals surface area (Å²) >= 11 is 0. The summed E-state index contributed by atoms with van der Waals surface area (Å²) in [4.78, 5) is 15.0. The third kappa shape index (κ3) is 3.59. The average molecular weight is 342 g/mol. The molecule has 1 amide bonds. The van der Waals surface area contributed by atoms with Gasteiger partial charge in [-0.25, -0.2) is 0 Å². The Labute approximate surface area is 150 Å². The summed E-state index contributed by atoms with van der Waals surface area (Å²) in [7, 11) is 1.73. The largest absolute Gasteiger partial charge is 0.383 e. The van der Waals surface area contributed by atoms with Gasteiger partial charge in [-0.05, 0) is 62.8 Å². The van der Waals surface area contributed by atoms with Crippen LogP contribution in [0.25, 0.3) is 10.9 Å². The lowest BCUT2D eigenvalue weighted by Gasteiger charge is -2.20. The van der Waals surface area contributed by atoms with Crippen LogP contribution in [0.5, 0.6) is 0 Å². The molecule has 1 fully saturated rings. The van der Waals surface area contributed by atoms with Gasteiger partial charge < -0.3 is 14.2 Å². The number of carbonyl (C=O) groups excluding carboxylic acids is 1. The maximum Gasteiger partial charge on any atom is 0.253 e. The van der Waals surface area contributed by atoms with E-state index >= 15 is 0 Å². The molecule has 4 heteroatoms. The van der Waals surface area contributed by atoms with Crippen molar-refractivity contribution in [2.45, 2.75) is 46.6 Å². The van der Waals surface area contributed by atoms with Crippen LogP contribution in [-0.4, -0.2) is 42.2 Å². The number of amides is 1. The number of hydrogen-bond acceptors (Lipinski definition) is 2. The molecule has 0 radical (unpaired) electrons. The minimum absolute atomic E-state index is 0.178. The van der Waals surface area contributed by atoms with E-state index in [0.29, 0.717) is 6.61 Å². The molecule has 0 spiro atoms. The van der Waals surface area contributed by atoms with E-state index in [4.69, 9.17) is 4.74 Å². The van der Waals surface area contributed by atoms with E-state index in [1.807, 2.05) is 11.0 Å². The highest BCUT2D eigenvalue weighted by Crippen LogP contribution is 2.27. The zero-order chi connectivity index (χ0) is 18.0. The van der Waals surface area contributed by atoms with Crippen LogP contribution in [0.4, 0.5) is 0 Å². The molecule has 0 unspecified atom stereocenters. The number of ether oxygens (including phenoxy) is 1. The van der Waals surface area contributed by atoms with Crippen molar-refractivity contribution in [3.63, 3.8) is 0 Å². The molecule has 1 saturated heterocycles. The van der Waals surface area contributed by atoms with Gasteiger partial charge in [0.2, 0.25) is 0 Å². The first-order valence-corrected chi connectivity index (χ1v) is 9.40. The van der Waals surface area contributed by atoms with Crippen LogP contribution in [-0.2, 0) is 11.3 Å². The van der Waals surface area contributed by atoms with Crippen molar-refractivity contribution >= 4 is 16.8 Å². The fraction of sp³-hybridized carbons (Fsp3) is 0.571. The van der Waals surface area contributed by atoms with Crippen LogP contribution in [0.1, 0.15) is 47.8 Å². The van der Waals surface area contributed by atoms with Crippen LogP contribution in [0, 0.1) is 19.8 Å². The van der Waals surface area contributed by atoms with Gasteiger partial charge in [0.25, 0.3) is 5.91 Å². The number of fused-ring (bicyclic) bond motifs is 1. The maximum atomic E-state index is 13.0. The fourth-order valence-electron chi connectivity index (χ4n) is 3.90. The normalized spacial score (nSPS) is 18.6. The van der Waals surface area contributed by atoms with Crippen LogP contribution in [0.2, 0.25) is 0 Å². The van der Waals surface area contributed by atoms with Gasteiger partial charge in [-0.3, -0.25) is 4.79 Å². The SMILES string of the molecule is COCCn1c(C)c(C)c2cc(C(=O)N3CCC[C@@H](C)CC3)ccc21. The van der Waals surface area contributed by atoms with E-state index in [2.05, 4.69) is 37.5 Å². The average Bonchev–Trinajstić information content (AvgIpc) is 2.76. The van der Waals surface area contributed by atoms with Crippen molar-refractivity contribution in [1.29, 1.82) is 0 Å². The van der Waals surface area contributed by atoms with E-state index in [9.17, 15) is 4.79 Å². The van der Waals surface area contributed by atoms with Crippen molar-refractivity contribution in [1.82, 2.24) is 9.47 Å². The predicted molar refractivity (Wildman–Crippen MR) is 102 cm³/mol. The third-order valence-corrected chi connectivity index (χ3v) is 5.71. The van der Waals surface area contributed by atoms with Gasteiger partial charge in [-0.2, -0.15) is 0 Å². The molecule has 2 heterocycles. The Morgan fingerprint density at radius 3 is 2.80 bits per heavy atom. The van der Waals surface area contributed by atoms with Crippen molar-refractivity contribution < 1.29 is 9.53 Å². The Kier molecular flexibility index (Phi) is 5.48. The summed E-state index contributed by atoms with van der Waals surface area (Å²) in [5, 5.41) is 1.18. The van der Waals surface area contributed by atoms with Crippen molar-refractivity contribution in [3.05, 3.63) is 35.0 Å². The lowest BCUT2D eigenvalue weighted by molar-refractivity contribution is 0.0760. The Hall–Kier alpha value is -1.81. The van der Waals surface area contributed by atoms with E-state index < -0.39 is 0 Å². The second-order valence-corrected chi connectivity index (χ2v) is 7.42. The van der Waals surface area contributed by atoms with Crippen LogP contribution >= 0.6 is 0 Å². The number of methoxy groups -OCH3 is 1. The van der Waals surface area contributed by atoms with Crippen molar-refractivity contribution in [2.75, 3.05) is 26.8 Å². The predicted octanol–water partition coefficient (Wildman–Crippen LogP) is 4.17.